The largest absolute Gasteiger partial charge is 0.463 e. The summed E-state index contributed by atoms with van der Waals surface area (Å²) >= 11 is 0. The van der Waals surface area contributed by atoms with Crippen LogP contribution in [0.25, 0.3) is 0 Å². The van der Waals surface area contributed by atoms with E-state index >= 15 is 0 Å². The monoisotopic (exact) mass is 394 g/mol. The lowest BCUT2D eigenvalue weighted by Crippen LogP contribution is -2.54. The summed E-state index contributed by atoms with van der Waals surface area (Å²) in [5.74, 6) is -1.75. The zero-order valence-corrected chi connectivity index (χ0v) is 16.9. The molecule has 0 aromatic rings. The third-order valence-corrected chi connectivity index (χ3v) is 3.44. The minimum Gasteiger partial charge on any atom is -0.463 e. The molecule has 0 aliphatic rings. The van der Waals surface area contributed by atoms with Gasteiger partial charge in [-0.25, -0.2) is 0 Å². The fourth-order valence-electron chi connectivity index (χ4n) is 2.27. The summed E-state index contributed by atoms with van der Waals surface area (Å²) in [5.41, 5.74) is 0. The smallest absolute Gasteiger partial charge is 0.303 e. The quantitative estimate of drug-likeness (QED) is 0.248. The molecule has 0 N–H and O–H groups in total. The van der Waals surface area contributed by atoms with Gasteiger partial charge < -0.3 is 33.2 Å². The van der Waals surface area contributed by atoms with Gasteiger partial charge in [0.15, 0.2) is 18.5 Å². The van der Waals surface area contributed by atoms with E-state index in [1.165, 1.54) is 42.1 Å². The molecule has 0 amide bonds. The SMILES string of the molecule is COC[C@@H](OC(C)=O)[C@@H](OC(C)=O)[C@H](OC(C)OC)[C@H](COC(C)=O)OC. The van der Waals surface area contributed by atoms with Gasteiger partial charge in [-0.2, -0.15) is 0 Å². The van der Waals surface area contributed by atoms with Gasteiger partial charge in [0.2, 0.25) is 0 Å². The Bertz CT molecular complexity index is 467. The summed E-state index contributed by atoms with van der Waals surface area (Å²) in [6.07, 6.45) is -4.65. The first kappa shape index (κ1) is 25.2. The van der Waals surface area contributed by atoms with Crippen LogP contribution < -0.4 is 0 Å². The summed E-state index contributed by atoms with van der Waals surface area (Å²) in [6, 6.07) is 0. The highest BCUT2D eigenvalue weighted by atomic mass is 16.7. The van der Waals surface area contributed by atoms with Crippen molar-refractivity contribution in [2.75, 3.05) is 34.5 Å². The van der Waals surface area contributed by atoms with Gasteiger partial charge in [-0.3, -0.25) is 14.4 Å². The fraction of sp³-hybridized carbons (Fsp3) is 0.824. The highest BCUT2D eigenvalue weighted by Gasteiger charge is 2.42. The molecule has 0 radical (unpaired) electrons. The summed E-state index contributed by atoms with van der Waals surface area (Å²) in [6.45, 7) is 5.04. The number of carbonyl (C=O) groups excluding carboxylic acids is 3. The van der Waals surface area contributed by atoms with Crippen molar-refractivity contribution in [1.82, 2.24) is 0 Å². The predicted molar refractivity (Wildman–Crippen MR) is 91.8 cm³/mol. The zero-order chi connectivity index (χ0) is 21.0. The molecule has 10 nitrogen and oxygen atoms in total. The van der Waals surface area contributed by atoms with Crippen LogP contribution in [0, 0.1) is 0 Å². The highest BCUT2D eigenvalue weighted by Crippen LogP contribution is 2.21. The van der Waals surface area contributed by atoms with Crippen molar-refractivity contribution >= 4 is 17.9 Å². The standard InChI is InChI=1S/C17H30O10/c1-10(18)24-9-14(23-7)16(27-13(4)22-6)17(26-12(3)20)15(8-21-5)25-11(2)19/h13-17H,8-9H2,1-7H3/t13?,14-,15+,16+,17+/m0/s1. The second-order valence-electron chi connectivity index (χ2n) is 5.66. The van der Waals surface area contributed by atoms with E-state index in [1.54, 1.807) is 6.92 Å². The van der Waals surface area contributed by atoms with Gasteiger partial charge in [0.1, 0.15) is 18.8 Å². The van der Waals surface area contributed by atoms with Gasteiger partial charge in [-0.1, -0.05) is 0 Å². The van der Waals surface area contributed by atoms with Gasteiger partial charge in [-0.15, -0.1) is 0 Å². The Morgan fingerprint density at radius 1 is 0.741 bits per heavy atom. The van der Waals surface area contributed by atoms with Gasteiger partial charge in [-0.05, 0) is 6.92 Å². The Morgan fingerprint density at radius 3 is 1.74 bits per heavy atom. The minimum atomic E-state index is -1.11. The van der Waals surface area contributed by atoms with Crippen molar-refractivity contribution in [3.05, 3.63) is 0 Å². The van der Waals surface area contributed by atoms with E-state index in [4.69, 9.17) is 33.2 Å². The molecule has 0 spiro atoms. The molecule has 27 heavy (non-hydrogen) atoms. The lowest BCUT2D eigenvalue weighted by Gasteiger charge is -2.36. The molecule has 0 aromatic carbocycles. The van der Waals surface area contributed by atoms with E-state index in [1.807, 2.05) is 0 Å². The Balaban J connectivity index is 5.84. The number of hydrogen-bond donors (Lipinski definition) is 0. The van der Waals surface area contributed by atoms with E-state index in [2.05, 4.69) is 0 Å². The first-order valence-corrected chi connectivity index (χ1v) is 8.33. The van der Waals surface area contributed by atoms with Gasteiger partial charge in [0.25, 0.3) is 0 Å². The maximum Gasteiger partial charge on any atom is 0.303 e. The fourth-order valence-corrected chi connectivity index (χ4v) is 2.27. The number of carbonyl (C=O) groups is 3. The molecule has 10 heteroatoms. The molecule has 5 atom stereocenters. The van der Waals surface area contributed by atoms with Crippen LogP contribution in [0.5, 0.6) is 0 Å². The third kappa shape index (κ3) is 10.2. The lowest BCUT2D eigenvalue weighted by atomic mass is 10.0. The topological polar surface area (TPSA) is 116 Å². The Morgan fingerprint density at radius 2 is 1.33 bits per heavy atom. The molecule has 0 saturated carbocycles. The van der Waals surface area contributed by atoms with Crippen LogP contribution in [0.1, 0.15) is 27.7 Å². The van der Waals surface area contributed by atoms with E-state index in [0.717, 1.165) is 0 Å². The van der Waals surface area contributed by atoms with Crippen molar-refractivity contribution in [2.45, 2.75) is 58.4 Å². The molecule has 0 saturated heterocycles. The van der Waals surface area contributed by atoms with E-state index in [0.29, 0.717) is 0 Å². The Labute approximate surface area is 159 Å². The second kappa shape index (κ2) is 13.4. The van der Waals surface area contributed by atoms with Crippen molar-refractivity contribution in [2.24, 2.45) is 0 Å². The summed E-state index contributed by atoms with van der Waals surface area (Å²) in [5, 5.41) is 0. The molecule has 0 rings (SSSR count). The normalized spacial score (nSPS) is 16.6. The lowest BCUT2D eigenvalue weighted by molar-refractivity contribution is -0.235. The number of rotatable bonds is 13. The summed E-state index contributed by atoms with van der Waals surface area (Å²) in [4.78, 5) is 34.3. The Hall–Kier alpha value is -1.75. The zero-order valence-electron chi connectivity index (χ0n) is 16.9. The van der Waals surface area contributed by atoms with E-state index in [-0.39, 0.29) is 13.2 Å². The molecule has 0 aliphatic carbocycles. The van der Waals surface area contributed by atoms with Crippen LogP contribution in [-0.4, -0.2) is 83.2 Å². The molecule has 0 bridgehead atoms. The number of esters is 3. The van der Waals surface area contributed by atoms with E-state index < -0.39 is 48.6 Å². The molecule has 1 unspecified atom stereocenters. The van der Waals surface area contributed by atoms with Gasteiger partial charge in [0, 0.05) is 42.1 Å². The van der Waals surface area contributed by atoms with Crippen LogP contribution >= 0.6 is 0 Å². The molecular formula is C17H30O10. The Kier molecular flexibility index (Phi) is 12.6. The number of methoxy groups -OCH3 is 3. The van der Waals surface area contributed by atoms with Gasteiger partial charge >= 0.3 is 17.9 Å². The van der Waals surface area contributed by atoms with Crippen molar-refractivity contribution in [3.63, 3.8) is 0 Å². The first-order valence-electron chi connectivity index (χ1n) is 8.33. The molecule has 0 aromatic heterocycles. The molecule has 0 aliphatic heterocycles. The first-order chi connectivity index (χ1) is 12.7. The van der Waals surface area contributed by atoms with Crippen LogP contribution in [-0.2, 0) is 47.5 Å². The molecule has 0 heterocycles. The van der Waals surface area contributed by atoms with Crippen molar-refractivity contribution < 1.29 is 47.5 Å². The minimum absolute atomic E-state index is 0.0667. The second-order valence-corrected chi connectivity index (χ2v) is 5.66. The van der Waals surface area contributed by atoms with Crippen LogP contribution in [0.3, 0.4) is 0 Å². The van der Waals surface area contributed by atoms with Crippen molar-refractivity contribution in [3.8, 4) is 0 Å². The van der Waals surface area contributed by atoms with Crippen LogP contribution in [0.2, 0.25) is 0 Å². The average Bonchev–Trinajstić information content (AvgIpc) is 2.57. The average molecular weight is 394 g/mol. The highest BCUT2D eigenvalue weighted by molar-refractivity contribution is 5.67. The van der Waals surface area contributed by atoms with Crippen molar-refractivity contribution in [1.29, 1.82) is 0 Å². The number of ether oxygens (including phenoxy) is 7. The van der Waals surface area contributed by atoms with Crippen LogP contribution in [0.4, 0.5) is 0 Å². The third-order valence-electron chi connectivity index (χ3n) is 3.44. The maximum absolute atomic E-state index is 11.7. The predicted octanol–water partition coefficient (Wildman–Crippen LogP) is 0.452. The number of hydrogen-bond acceptors (Lipinski definition) is 10. The molecular weight excluding hydrogens is 364 g/mol. The van der Waals surface area contributed by atoms with Gasteiger partial charge in [0.05, 0.1) is 6.61 Å². The molecule has 0 fully saturated rings. The molecule has 158 valence electrons. The summed E-state index contributed by atoms with van der Waals surface area (Å²) in [7, 11) is 4.21. The van der Waals surface area contributed by atoms with E-state index in [9.17, 15) is 14.4 Å². The van der Waals surface area contributed by atoms with Crippen LogP contribution in [0.15, 0.2) is 0 Å². The maximum atomic E-state index is 11.7. The summed E-state index contributed by atoms with van der Waals surface area (Å²) < 4.78 is 37.0.